The summed E-state index contributed by atoms with van der Waals surface area (Å²) in [6, 6.07) is 0. The molecule has 0 amide bonds. The zero-order valence-corrected chi connectivity index (χ0v) is 7.27. The average molecular weight is 174 g/mol. The molecule has 1 aliphatic heterocycles. The Balaban J connectivity index is 2.56. The van der Waals surface area contributed by atoms with E-state index < -0.39 is 6.29 Å². The number of methoxy groups -OCH3 is 2. The van der Waals surface area contributed by atoms with Gasteiger partial charge in [0.05, 0.1) is 6.61 Å². The van der Waals surface area contributed by atoms with E-state index in [9.17, 15) is 0 Å². The quantitative estimate of drug-likeness (QED) is 0.608. The van der Waals surface area contributed by atoms with Gasteiger partial charge in [0.2, 0.25) is 0 Å². The van der Waals surface area contributed by atoms with Gasteiger partial charge in [-0.2, -0.15) is 0 Å². The molecule has 1 aliphatic rings. The third-order valence-electron chi connectivity index (χ3n) is 1.78. The first-order chi connectivity index (χ1) is 5.81. The SMILES string of the molecule is CO[C@@H]1O[C@@H](CO)C=C[C@H]1OC. The van der Waals surface area contributed by atoms with E-state index in [4.69, 9.17) is 19.3 Å². The zero-order chi connectivity index (χ0) is 8.97. The summed E-state index contributed by atoms with van der Waals surface area (Å²) in [5.74, 6) is 0. The highest BCUT2D eigenvalue weighted by Crippen LogP contribution is 2.15. The van der Waals surface area contributed by atoms with E-state index in [1.54, 1.807) is 20.3 Å². The molecule has 0 saturated heterocycles. The predicted octanol–water partition coefficient (Wildman–Crippen LogP) is -0.0788. The third-order valence-corrected chi connectivity index (χ3v) is 1.78. The first kappa shape index (κ1) is 9.67. The largest absolute Gasteiger partial charge is 0.393 e. The van der Waals surface area contributed by atoms with Crippen molar-refractivity contribution in [3.63, 3.8) is 0 Å². The molecule has 0 spiro atoms. The minimum Gasteiger partial charge on any atom is -0.393 e. The fraction of sp³-hybridized carbons (Fsp3) is 0.750. The molecule has 4 nitrogen and oxygen atoms in total. The minimum absolute atomic E-state index is 0.0349. The van der Waals surface area contributed by atoms with Gasteiger partial charge in [0, 0.05) is 14.2 Å². The normalized spacial score (nSPS) is 35.4. The second-order valence-corrected chi connectivity index (χ2v) is 2.55. The Kier molecular flexibility index (Phi) is 3.68. The van der Waals surface area contributed by atoms with Crippen LogP contribution in [0.25, 0.3) is 0 Å². The summed E-state index contributed by atoms with van der Waals surface area (Å²) in [5.41, 5.74) is 0. The van der Waals surface area contributed by atoms with Crippen LogP contribution < -0.4 is 0 Å². The van der Waals surface area contributed by atoms with Gasteiger partial charge in [-0.3, -0.25) is 0 Å². The topological polar surface area (TPSA) is 47.9 Å². The van der Waals surface area contributed by atoms with Gasteiger partial charge in [0.1, 0.15) is 12.2 Å². The lowest BCUT2D eigenvalue weighted by molar-refractivity contribution is -0.201. The molecule has 1 heterocycles. The van der Waals surface area contributed by atoms with Crippen molar-refractivity contribution in [1.29, 1.82) is 0 Å². The zero-order valence-electron chi connectivity index (χ0n) is 7.27. The Hall–Kier alpha value is -0.420. The second-order valence-electron chi connectivity index (χ2n) is 2.55. The monoisotopic (exact) mass is 174 g/mol. The number of ether oxygens (including phenoxy) is 3. The van der Waals surface area contributed by atoms with E-state index in [0.717, 1.165) is 0 Å². The van der Waals surface area contributed by atoms with Gasteiger partial charge in [-0.1, -0.05) is 12.2 Å². The van der Waals surface area contributed by atoms with Crippen LogP contribution in [0.15, 0.2) is 12.2 Å². The van der Waals surface area contributed by atoms with Crippen LogP contribution in [0.2, 0.25) is 0 Å². The number of hydrogen-bond acceptors (Lipinski definition) is 4. The highest BCUT2D eigenvalue weighted by atomic mass is 16.7. The maximum atomic E-state index is 8.79. The highest BCUT2D eigenvalue weighted by Gasteiger charge is 2.26. The van der Waals surface area contributed by atoms with Crippen LogP contribution in [0, 0.1) is 0 Å². The summed E-state index contributed by atoms with van der Waals surface area (Å²) in [7, 11) is 3.13. The van der Waals surface area contributed by atoms with E-state index >= 15 is 0 Å². The van der Waals surface area contributed by atoms with E-state index in [1.807, 2.05) is 6.08 Å². The van der Waals surface area contributed by atoms with Gasteiger partial charge in [-0.05, 0) is 0 Å². The molecule has 1 rings (SSSR count). The van der Waals surface area contributed by atoms with Crippen molar-refractivity contribution in [2.45, 2.75) is 18.5 Å². The van der Waals surface area contributed by atoms with Crippen molar-refractivity contribution >= 4 is 0 Å². The van der Waals surface area contributed by atoms with Crippen molar-refractivity contribution in [2.24, 2.45) is 0 Å². The lowest BCUT2D eigenvalue weighted by atomic mass is 10.2. The molecule has 0 aromatic heterocycles. The van der Waals surface area contributed by atoms with Gasteiger partial charge in [0.25, 0.3) is 0 Å². The summed E-state index contributed by atoms with van der Waals surface area (Å²) in [4.78, 5) is 0. The van der Waals surface area contributed by atoms with Crippen LogP contribution >= 0.6 is 0 Å². The molecule has 0 unspecified atom stereocenters. The first-order valence-electron chi connectivity index (χ1n) is 3.82. The van der Waals surface area contributed by atoms with Crippen molar-refractivity contribution < 1.29 is 19.3 Å². The second kappa shape index (κ2) is 4.57. The Morgan fingerprint density at radius 1 is 1.33 bits per heavy atom. The highest BCUT2D eigenvalue weighted by molar-refractivity contribution is 5.00. The van der Waals surface area contributed by atoms with Crippen LogP contribution in [0.4, 0.5) is 0 Å². The standard InChI is InChI=1S/C8H14O4/c1-10-7-4-3-6(5-9)12-8(7)11-2/h3-4,6-9H,5H2,1-2H3/t6-,7-,8-/m1/s1. The summed E-state index contributed by atoms with van der Waals surface area (Å²) >= 11 is 0. The first-order valence-corrected chi connectivity index (χ1v) is 3.82. The van der Waals surface area contributed by atoms with Crippen molar-refractivity contribution in [3.05, 3.63) is 12.2 Å². The third kappa shape index (κ3) is 2.04. The minimum atomic E-state index is -0.419. The fourth-order valence-electron chi connectivity index (χ4n) is 1.10. The van der Waals surface area contributed by atoms with Crippen LogP contribution in [-0.2, 0) is 14.2 Å². The molecule has 0 aromatic carbocycles. The molecule has 0 aromatic rings. The van der Waals surface area contributed by atoms with Gasteiger partial charge in [-0.25, -0.2) is 0 Å². The molecular weight excluding hydrogens is 160 g/mol. The molecule has 4 heteroatoms. The average Bonchev–Trinajstić information content (AvgIpc) is 2.16. The van der Waals surface area contributed by atoms with Crippen LogP contribution in [-0.4, -0.2) is 44.4 Å². The van der Waals surface area contributed by atoms with Crippen LogP contribution in [0.5, 0.6) is 0 Å². The Morgan fingerprint density at radius 3 is 2.58 bits per heavy atom. The molecular formula is C8H14O4. The molecule has 0 saturated carbocycles. The number of aliphatic hydroxyl groups excluding tert-OH is 1. The van der Waals surface area contributed by atoms with Gasteiger partial charge in [0.15, 0.2) is 6.29 Å². The summed E-state index contributed by atoms with van der Waals surface area (Å²) in [5, 5.41) is 8.79. The number of rotatable bonds is 3. The molecule has 3 atom stereocenters. The molecule has 0 fully saturated rings. The van der Waals surface area contributed by atoms with Gasteiger partial charge < -0.3 is 19.3 Å². The molecule has 0 aliphatic carbocycles. The number of hydrogen-bond donors (Lipinski definition) is 1. The Labute approximate surface area is 71.7 Å². The summed E-state index contributed by atoms with van der Waals surface area (Å²) in [6.07, 6.45) is 2.72. The fourth-order valence-corrected chi connectivity index (χ4v) is 1.10. The maximum Gasteiger partial charge on any atom is 0.187 e. The molecule has 70 valence electrons. The smallest absolute Gasteiger partial charge is 0.187 e. The Bertz CT molecular complexity index is 157. The van der Waals surface area contributed by atoms with Crippen LogP contribution in [0.1, 0.15) is 0 Å². The summed E-state index contributed by atoms with van der Waals surface area (Å²) in [6.45, 7) is -0.0349. The van der Waals surface area contributed by atoms with E-state index in [-0.39, 0.29) is 18.8 Å². The lowest BCUT2D eigenvalue weighted by Gasteiger charge is -2.29. The predicted molar refractivity (Wildman–Crippen MR) is 42.7 cm³/mol. The van der Waals surface area contributed by atoms with Crippen LogP contribution in [0.3, 0.4) is 0 Å². The molecule has 1 N–H and O–H groups in total. The van der Waals surface area contributed by atoms with E-state index in [0.29, 0.717) is 0 Å². The van der Waals surface area contributed by atoms with Gasteiger partial charge in [-0.15, -0.1) is 0 Å². The van der Waals surface area contributed by atoms with Gasteiger partial charge >= 0.3 is 0 Å². The molecule has 12 heavy (non-hydrogen) atoms. The molecule has 0 bridgehead atoms. The van der Waals surface area contributed by atoms with Crippen molar-refractivity contribution in [2.75, 3.05) is 20.8 Å². The lowest BCUT2D eigenvalue weighted by Crippen LogP contribution is -2.38. The maximum absolute atomic E-state index is 8.79. The number of aliphatic hydroxyl groups is 1. The van der Waals surface area contributed by atoms with E-state index in [2.05, 4.69) is 0 Å². The Morgan fingerprint density at radius 2 is 2.08 bits per heavy atom. The van der Waals surface area contributed by atoms with Crippen molar-refractivity contribution in [3.8, 4) is 0 Å². The summed E-state index contributed by atoms with van der Waals surface area (Å²) < 4.78 is 15.4. The van der Waals surface area contributed by atoms with E-state index in [1.165, 1.54) is 0 Å². The van der Waals surface area contributed by atoms with Crippen molar-refractivity contribution in [1.82, 2.24) is 0 Å². The molecule has 0 radical (unpaired) electrons.